The molecule has 0 heterocycles. The maximum absolute atomic E-state index is 13.1. The Labute approximate surface area is 309 Å². The molecule has 0 saturated carbocycles. The number of aliphatic imine (C=N–C) groups is 1. The van der Waals surface area contributed by atoms with Gasteiger partial charge >= 0.3 is 57.4 Å². The zero-order valence-electron chi connectivity index (χ0n) is 29.1. The molecule has 1 unspecified atom stereocenters. The number of nitrogens with zero attached hydrogens (tertiary/aromatic N) is 1. The van der Waals surface area contributed by atoms with E-state index in [1.54, 1.807) is 0 Å². The number of aliphatic carboxylic acids is 1. The molecule has 43 heavy (non-hydrogen) atoms. The number of carboxylic acid groups (broad SMARTS) is 1. The number of unbranched alkanes of at least 4 members (excludes halogenated alkanes) is 19. The van der Waals surface area contributed by atoms with E-state index in [0.717, 1.165) is 51.4 Å². The molecular weight excluding hydrogens is 564 g/mol. The summed E-state index contributed by atoms with van der Waals surface area (Å²) < 4.78 is 0. The summed E-state index contributed by atoms with van der Waals surface area (Å²) in [6.45, 7) is 7.10. The van der Waals surface area contributed by atoms with Crippen molar-refractivity contribution >= 4 is 17.8 Å². The van der Waals surface area contributed by atoms with Crippen LogP contribution in [0.25, 0.3) is 0 Å². The maximum atomic E-state index is 13.1. The Morgan fingerprint density at radius 2 is 1.00 bits per heavy atom. The molecule has 0 aliphatic heterocycles. The zero-order valence-corrected chi connectivity index (χ0v) is 32.2. The van der Waals surface area contributed by atoms with Crippen molar-refractivity contribution in [2.75, 3.05) is 6.54 Å². The van der Waals surface area contributed by atoms with E-state index < -0.39 is 12.0 Å². The van der Waals surface area contributed by atoms with E-state index in [2.05, 4.69) is 31.1 Å². The topological polar surface area (TPSA) is 102 Å². The average molecular weight is 633 g/mol. The van der Waals surface area contributed by atoms with Crippen molar-refractivity contribution in [1.29, 1.82) is 0 Å². The first kappa shape index (κ1) is 45.2. The zero-order chi connectivity index (χ0) is 31.1. The molecule has 0 aromatic heterocycles. The van der Waals surface area contributed by atoms with Gasteiger partial charge in [-0.15, -0.1) is 0 Å². The molecule has 0 fully saturated rings. The van der Waals surface area contributed by atoms with E-state index in [0.29, 0.717) is 32.2 Å². The van der Waals surface area contributed by atoms with Gasteiger partial charge in [-0.05, 0) is 50.8 Å². The molecule has 0 aromatic carbocycles. The second kappa shape index (κ2) is 34.9. The Balaban J connectivity index is 0. The van der Waals surface area contributed by atoms with Gasteiger partial charge in [0.2, 0.25) is 5.91 Å². The summed E-state index contributed by atoms with van der Waals surface area (Å²) in [7, 11) is 0. The minimum Gasteiger partial charge on any atom is -0.862 e. The summed E-state index contributed by atoms with van der Waals surface area (Å²) in [4.78, 5) is 29.2. The van der Waals surface area contributed by atoms with Crippen LogP contribution in [0.4, 0.5) is 0 Å². The molecule has 0 rings (SSSR count). The number of hydrogen-bond acceptors (Lipinski definition) is 4. The Hall–Kier alpha value is 0.0464. The Kier molecular flexibility index (Phi) is 36.7. The van der Waals surface area contributed by atoms with Crippen LogP contribution in [0.1, 0.15) is 194 Å². The van der Waals surface area contributed by atoms with Gasteiger partial charge in [0.05, 0.1) is 0 Å². The fraction of sp³-hybridized carbons (Fsp3) is 0.917. The fourth-order valence-corrected chi connectivity index (χ4v) is 5.63. The predicted molar refractivity (Wildman–Crippen MR) is 177 cm³/mol. The second-order valence-electron chi connectivity index (χ2n) is 12.6. The van der Waals surface area contributed by atoms with Crippen LogP contribution in [-0.4, -0.2) is 35.5 Å². The third-order valence-corrected chi connectivity index (χ3v) is 8.48. The standard InChI is InChI=1S/C36H70N2O4.K/c1-4-7-10-13-15-16-18-21-24-30-34(39)37-31-26-25-29-33(36(41)42)38-35(40)32(27-22-19-12-9-6-3)28-23-20-17-14-11-8-5-2;/h32-33H,4-31H2,1-3H3,(H,37,39)(H,38,40)(H,41,42);/q;+1/p-1/t32?,33-;/m0./s1. The summed E-state index contributed by atoms with van der Waals surface area (Å²) in [6.07, 6.45) is 29.2. The van der Waals surface area contributed by atoms with Crippen LogP contribution in [0.3, 0.4) is 0 Å². The van der Waals surface area contributed by atoms with Gasteiger partial charge in [-0.25, -0.2) is 4.79 Å². The molecule has 0 spiro atoms. The molecule has 7 heteroatoms. The monoisotopic (exact) mass is 632 g/mol. The first-order valence-electron chi connectivity index (χ1n) is 18.2. The van der Waals surface area contributed by atoms with E-state index in [-0.39, 0.29) is 69.1 Å². The number of rotatable bonds is 32. The molecule has 2 atom stereocenters. The molecule has 0 aliphatic rings. The summed E-state index contributed by atoms with van der Waals surface area (Å²) in [5, 5.41) is 24.7. The predicted octanol–water partition coefficient (Wildman–Crippen LogP) is 6.53. The number of carbonyl (C=O) groups is 2. The SMILES string of the molecule is CCCCCCCCCCCC([O-])=NCCCC[C@H](NC(=O)C(CCCCCCC)CCCCCCCCC)C(=O)O.[K+]. The van der Waals surface area contributed by atoms with Crippen LogP contribution in [0.5, 0.6) is 0 Å². The number of carbonyl (C=O) groups excluding carboxylic acids is 1. The third-order valence-electron chi connectivity index (χ3n) is 8.48. The molecule has 248 valence electrons. The van der Waals surface area contributed by atoms with Gasteiger partial charge in [0, 0.05) is 12.5 Å². The number of hydrogen-bond donors (Lipinski definition) is 2. The van der Waals surface area contributed by atoms with Crippen LogP contribution < -0.4 is 61.8 Å². The summed E-state index contributed by atoms with van der Waals surface area (Å²) in [5.74, 6) is -1.20. The van der Waals surface area contributed by atoms with Gasteiger partial charge in [-0.1, -0.05) is 149 Å². The van der Waals surface area contributed by atoms with E-state index >= 15 is 0 Å². The molecule has 0 bridgehead atoms. The van der Waals surface area contributed by atoms with Crippen LogP contribution in [0.15, 0.2) is 4.99 Å². The van der Waals surface area contributed by atoms with E-state index in [1.807, 2.05) is 0 Å². The van der Waals surface area contributed by atoms with Crippen molar-refractivity contribution in [3.8, 4) is 0 Å². The first-order valence-corrected chi connectivity index (χ1v) is 18.2. The van der Waals surface area contributed by atoms with Gasteiger partial charge in [-0.2, -0.15) is 0 Å². The molecule has 6 nitrogen and oxygen atoms in total. The summed E-state index contributed by atoms with van der Waals surface area (Å²) in [6, 6.07) is -0.869. The first-order chi connectivity index (χ1) is 20.5. The van der Waals surface area contributed by atoms with E-state index in [4.69, 9.17) is 0 Å². The van der Waals surface area contributed by atoms with E-state index in [9.17, 15) is 19.8 Å². The Morgan fingerprint density at radius 3 is 1.44 bits per heavy atom. The number of amides is 1. The van der Waals surface area contributed by atoms with Crippen molar-refractivity contribution in [2.24, 2.45) is 10.9 Å². The average Bonchev–Trinajstić information content (AvgIpc) is 2.97. The molecule has 0 aliphatic carbocycles. The largest absolute Gasteiger partial charge is 1.00 e. The van der Waals surface area contributed by atoms with Crippen molar-refractivity contribution in [1.82, 2.24) is 5.32 Å². The normalized spacial score (nSPS) is 13.0. The molecule has 2 N–H and O–H groups in total. The van der Waals surface area contributed by atoms with Gasteiger partial charge in [-0.3, -0.25) is 4.79 Å². The maximum Gasteiger partial charge on any atom is 1.00 e. The van der Waals surface area contributed by atoms with Gasteiger partial charge in [0.1, 0.15) is 6.04 Å². The van der Waals surface area contributed by atoms with Gasteiger partial charge in [0.15, 0.2) is 0 Å². The number of nitrogens with one attached hydrogen (secondary N) is 1. The summed E-state index contributed by atoms with van der Waals surface area (Å²) >= 11 is 0. The smallest absolute Gasteiger partial charge is 0.862 e. The van der Waals surface area contributed by atoms with Crippen molar-refractivity contribution in [3.05, 3.63) is 0 Å². The van der Waals surface area contributed by atoms with Gasteiger partial charge < -0.3 is 20.5 Å². The third kappa shape index (κ3) is 30.5. The van der Waals surface area contributed by atoms with Crippen LogP contribution in [0.2, 0.25) is 0 Å². The van der Waals surface area contributed by atoms with Crippen molar-refractivity contribution in [3.63, 3.8) is 0 Å². The van der Waals surface area contributed by atoms with Crippen LogP contribution in [0, 0.1) is 5.92 Å². The fourth-order valence-electron chi connectivity index (χ4n) is 5.63. The van der Waals surface area contributed by atoms with Crippen molar-refractivity contribution < 1.29 is 71.2 Å². The quantitative estimate of drug-likeness (QED) is 0.0381. The molecule has 1 amide bonds. The van der Waals surface area contributed by atoms with E-state index in [1.165, 1.54) is 96.3 Å². The Bertz CT molecular complexity index is 659. The van der Waals surface area contributed by atoms with Crippen LogP contribution >= 0.6 is 0 Å². The minimum atomic E-state index is -0.973. The molecule has 0 saturated heterocycles. The summed E-state index contributed by atoms with van der Waals surface area (Å²) in [5.41, 5.74) is 0. The van der Waals surface area contributed by atoms with Crippen molar-refractivity contribution in [2.45, 2.75) is 200 Å². The van der Waals surface area contributed by atoms with Gasteiger partial charge in [0.25, 0.3) is 0 Å². The second-order valence-corrected chi connectivity index (χ2v) is 12.6. The minimum absolute atomic E-state index is 0. The Morgan fingerprint density at radius 1 is 0.605 bits per heavy atom. The molecule has 0 aromatic rings. The number of carboxylic acids is 1. The molecule has 0 radical (unpaired) electrons. The molecular formula is C36H69KN2O4. The van der Waals surface area contributed by atoms with Crippen LogP contribution in [-0.2, 0) is 9.59 Å².